The average molecular weight is 522 g/mol. The van der Waals surface area contributed by atoms with Crippen molar-refractivity contribution < 1.29 is 0 Å². The van der Waals surface area contributed by atoms with Crippen LogP contribution in [0.25, 0.3) is 0 Å². The van der Waals surface area contributed by atoms with Gasteiger partial charge in [0.15, 0.2) is 5.16 Å². The highest BCUT2D eigenvalue weighted by Crippen LogP contribution is 2.38. The van der Waals surface area contributed by atoms with Gasteiger partial charge in [0.1, 0.15) is 5.82 Å². The van der Waals surface area contributed by atoms with Crippen LogP contribution in [-0.4, -0.2) is 20.5 Å². The van der Waals surface area contributed by atoms with Crippen molar-refractivity contribution in [2.45, 2.75) is 188 Å². The van der Waals surface area contributed by atoms with Crippen molar-refractivity contribution in [1.82, 2.24) is 14.8 Å². The number of aromatic nitrogens is 3. The summed E-state index contributed by atoms with van der Waals surface area (Å²) in [6.07, 6.45) is 23.8. The molecule has 0 saturated carbocycles. The quantitative estimate of drug-likeness (QED) is 0.126. The van der Waals surface area contributed by atoms with E-state index in [-0.39, 0.29) is 16.4 Å². The summed E-state index contributed by atoms with van der Waals surface area (Å²) in [4.78, 5) is 0. The van der Waals surface area contributed by atoms with Crippen molar-refractivity contribution in [2.75, 3.05) is 5.75 Å². The Morgan fingerprint density at radius 2 is 1.00 bits per heavy atom. The van der Waals surface area contributed by atoms with Crippen molar-refractivity contribution in [2.24, 2.45) is 5.41 Å². The molecule has 212 valence electrons. The summed E-state index contributed by atoms with van der Waals surface area (Å²) in [6, 6.07) is 0. The van der Waals surface area contributed by atoms with E-state index < -0.39 is 0 Å². The third-order valence-corrected chi connectivity index (χ3v) is 8.12. The fourth-order valence-corrected chi connectivity index (χ4v) is 6.68. The van der Waals surface area contributed by atoms with Crippen LogP contribution >= 0.6 is 11.8 Å². The number of unbranched alkanes of at least 4 members (excludes halogenated alkanes) is 15. The zero-order chi connectivity index (χ0) is 27.1. The van der Waals surface area contributed by atoms with E-state index in [9.17, 15) is 0 Å². The first-order chi connectivity index (χ1) is 16.9. The molecule has 1 rings (SSSR count). The van der Waals surface area contributed by atoms with Gasteiger partial charge in [-0.25, -0.2) is 0 Å². The van der Waals surface area contributed by atoms with Gasteiger partial charge in [0.25, 0.3) is 0 Å². The second-order valence-corrected chi connectivity index (χ2v) is 15.2. The molecule has 0 amide bonds. The topological polar surface area (TPSA) is 30.7 Å². The lowest BCUT2D eigenvalue weighted by molar-refractivity contribution is 0.193. The molecule has 0 aliphatic rings. The number of nitrogens with zero attached hydrogens (tertiary/aromatic N) is 3. The number of thioether (sulfide) groups is 1. The van der Waals surface area contributed by atoms with Gasteiger partial charge in [-0.15, -0.1) is 10.2 Å². The standard InChI is InChI=1S/C32H63N3S/c1-10-11-12-13-14-15-16-17-18-19-20-21-22-23-24-25-26-36-29-34-33-28(31(5,6)7)35(29)32(8,9)27-30(2,3)4/h10-27H2,1-9H3. The van der Waals surface area contributed by atoms with E-state index in [1.807, 2.05) is 11.8 Å². The van der Waals surface area contributed by atoms with Crippen LogP contribution in [0.1, 0.15) is 177 Å². The highest BCUT2D eigenvalue weighted by molar-refractivity contribution is 7.99. The van der Waals surface area contributed by atoms with Gasteiger partial charge in [-0.2, -0.15) is 0 Å². The van der Waals surface area contributed by atoms with Crippen LogP contribution in [0, 0.1) is 5.41 Å². The van der Waals surface area contributed by atoms with E-state index in [0.29, 0.717) is 0 Å². The van der Waals surface area contributed by atoms with E-state index in [2.05, 4.69) is 77.1 Å². The zero-order valence-corrected chi connectivity index (χ0v) is 26.8. The second kappa shape index (κ2) is 17.2. The van der Waals surface area contributed by atoms with Crippen LogP contribution in [0.15, 0.2) is 5.16 Å². The number of hydrogen-bond acceptors (Lipinski definition) is 3. The van der Waals surface area contributed by atoms with Gasteiger partial charge in [0.05, 0.1) is 0 Å². The molecule has 4 heteroatoms. The van der Waals surface area contributed by atoms with Gasteiger partial charge >= 0.3 is 0 Å². The predicted molar refractivity (Wildman–Crippen MR) is 162 cm³/mol. The summed E-state index contributed by atoms with van der Waals surface area (Å²) in [5.41, 5.74) is 0.259. The Bertz CT molecular complexity index is 679. The molecule has 1 aromatic rings. The lowest BCUT2D eigenvalue weighted by Crippen LogP contribution is -2.36. The van der Waals surface area contributed by atoms with Crippen LogP contribution < -0.4 is 0 Å². The first-order valence-corrected chi connectivity index (χ1v) is 16.5. The minimum atomic E-state index is -0.00475. The average Bonchev–Trinajstić information content (AvgIpc) is 3.20. The molecule has 0 fully saturated rings. The fraction of sp³-hybridized carbons (Fsp3) is 0.938. The normalized spacial score (nSPS) is 13.0. The minimum Gasteiger partial charge on any atom is -0.300 e. The third-order valence-electron chi connectivity index (χ3n) is 7.10. The lowest BCUT2D eigenvalue weighted by atomic mass is 9.81. The van der Waals surface area contributed by atoms with E-state index in [0.717, 1.165) is 23.2 Å². The van der Waals surface area contributed by atoms with Crippen molar-refractivity contribution in [3.63, 3.8) is 0 Å². The Kier molecular flexibility index (Phi) is 16.0. The largest absolute Gasteiger partial charge is 0.300 e. The molecule has 0 N–H and O–H groups in total. The molecule has 0 atom stereocenters. The second-order valence-electron chi connectivity index (χ2n) is 14.1. The first kappa shape index (κ1) is 33.5. The predicted octanol–water partition coefficient (Wildman–Crippen LogP) is 11.1. The van der Waals surface area contributed by atoms with Gasteiger partial charge < -0.3 is 0 Å². The molecular formula is C32H63N3S. The Labute approximate surface area is 230 Å². The molecule has 3 nitrogen and oxygen atoms in total. The van der Waals surface area contributed by atoms with Gasteiger partial charge in [-0.3, -0.25) is 4.57 Å². The summed E-state index contributed by atoms with van der Waals surface area (Å²) >= 11 is 1.91. The Hall–Kier alpha value is -0.510. The zero-order valence-electron chi connectivity index (χ0n) is 26.0. The van der Waals surface area contributed by atoms with Crippen molar-refractivity contribution in [3.8, 4) is 0 Å². The molecule has 0 aromatic carbocycles. The molecule has 0 bridgehead atoms. The van der Waals surface area contributed by atoms with Crippen molar-refractivity contribution >= 4 is 11.8 Å². The molecule has 0 spiro atoms. The number of hydrogen-bond donors (Lipinski definition) is 0. The summed E-state index contributed by atoms with van der Waals surface area (Å²) in [5.74, 6) is 2.26. The van der Waals surface area contributed by atoms with E-state index in [1.54, 1.807) is 0 Å². The van der Waals surface area contributed by atoms with Crippen LogP contribution in [0.4, 0.5) is 0 Å². The van der Waals surface area contributed by atoms with Gasteiger partial charge in [0, 0.05) is 16.7 Å². The van der Waals surface area contributed by atoms with Crippen LogP contribution in [0.2, 0.25) is 0 Å². The maximum absolute atomic E-state index is 4.67. The third kappa shape index (κ3) is 14.4. The monoisotopic (exact) mass is 521 g/mol. The lowest BCUT2D eigenvalue weighted by Gasteiger charge is -2.37. The summed E-state index contributed by atoms with van der Waals surface area (Å²) in [5, 5.41) is 10.4. The Morgan fingerprint density at radius 3 is 1.39 bits per heavy atom. The number of rotatable bonds is 20. The fourth-order valence-electron chi connectivity index (χ4n) is 5.59. The molecule has 0 aliphatic carbocycles. The molecule has 0 unspecified atom stereocenters. The SMILES string of the molecule is CCCCCCCCCCCCCCCCCCSc1nnc(C(C)(C)C)n1C(C)(C)CC(C)(C)C. The van der Waals surface area contributed by atoms with Crippen LogP contribution in [0.3, 0.4) is 0 Å². The minimum absolute atomic E-state index is 0.00132. The summed E-state index contributed by atoms with van der Waals surface area (Å²) < 4.78 is 2.45. The van der Waals surface area contributed by atoms with Crippen molar-refractivity contribution in [1.29, 1.82) is 0 Å². The van der Waals surface area contributed by atoms with E-state index in [1.165, 1.54) is 103 Å². The molecule has 36 heavy (non-hydrogen) atoms. The molecule has 0 saturated heterocycles. The van der Waals surface area contributed by atoms with Gasteiger partial charge in [0.2, 0.25) is 0 Å². The van der Waals surface area contributed by atoms with E-state index >= 15 is 0 Å². The molecule has 1 aromatic heterocycles. The maximum Gasteiger partial charge on any atom is 0.191 e. The van der Waals surface area contributed by atoms with Crippen LogP contribution in [-0.2, 0) is 11.0 Å². The van der Waals surface area contributed by atoms with Crippen molar-refractivity contribution in [3.05, 3.63) is 5.82 Å². The Balaban J connectivity index is 2.23. The smallest absolute Gasteiger partial charge is 0.191 e. The van der Waals surface area contributed by atoms with Gasteiger partial charge in [-0.1, -0.05) is 157 Å². The van der Waals surface area contributed by atoms with Gasteiger partial charge in [-0.05, 0) is 32.1 Å². The van der Waals surface area contributed by atoms with Crippen LogP contribution in [0.5, 0.6) is 0 Å². The Morgan fingerprint density at radius 1 is 0.583 bits per heavy atom. The van der Waals surface area contributed by atoms with E-state index in [4.69, 9.17) is 0 Å². The molecule has 1 heterocycles. The first-order valence-electron chi connectivity index (χ1n) is 15.5. The molecule has 0 aliphatic heterocycles. The summed E-state index contributed by atoms with van der Waals surface area (Å²) in [6.45, 7) is 20.8. The summed E-state index contributed by atoms with van der Waals surface area (Å²) in [7, 11) is 0. The molecule has 0 radical (unpaired) electrons. The maximum atomic E-state index is 4.67. The molecular weight excluding hydrogens is 458 g/mol. The highest BCUT2D eigenvalue weighted by Gasteiger charge is 2.35. The highest BCUT2D eigenvalue weighted by atomic mass is 32.2.